The molecule has 2 rings (SSSR count). The van der Waals surface area contributed by atoms with Gasteiger partial charge in [0, 0.05) is 11.8 Å². The van der Waals surface area contributed by atoms with Gasteiger partial charge in [-0.2, -0.15) is 0 Å². The molecule has 7 heteroatoms. The molecule has 1 heterocycles. The van der Waals surface area contributed by atoms with Gasteiger partial charge in [0.1, 0.15) is 0 Å². The summed E-state index contributed by atoms with van der Waals surface area (Å²) >= 11 is 4.85. The maximum Gasteiger partial charge on any atom is 0.230 e. The summed E-state index contributed by atoms with van der Waals surface area (Å²) in [5, 5.41) is 11.5. The molecular formula is C15H25N3OS3. The van der Waals surface area contributed by atoms with Crippen molar-refractivity contribution >= 4 is 40.8 Å². The number of amides is 1. The Morgan fingerprint density at radius 3 is 2.73 bits per heavy atom. The van der Waals surface area contributed by atoms with Gasteiger partial charge in [-0.1, -0.05) is 68.0 Å². The molecule has 0 radical (unpaired) electrons. The molecule has 0 aromatic carbocycles. The maximum atomic E-state index is 12.1. The fourth-order valence-electron chi connectivity index (χ4n) is 2.52. The van der Waals surface area contributed by atoms with Crippen molar-refractivity contribution in [2.24, 2.45) is 5.92 Å². The third-order valence-electron chi connectivity index (χ3n) is 3.90. The smallest absolute Gasteiger partial charge is 0.230 e. The van der Waals surface area contributed by atoms with E-state index in [0.29, 0.717) is 17.7 Å². The summed E-state index contributed by atoms with van der Waals surface area (Å²) in [6.07, 6.45) is 7.28. The SMILES string of the molecule is CCCCSc1nnc(SCC(=O)NC2CCCCC2C)s1. The average molecular weight is 360 g/mol. The lowest BCUT2D eigenvalue weighted by molar-refractivity contribution is -0.119. The highest BCUT2D eigenvalue weighted by Gasteiger charge is 2.22. The van der Waals surface area contributed by atoms with E-state index in [0.717, 1.165) is 20.9 Å². The Hall–Kier alpha value is -0.270. The van der Waals surface area contributed by atoms with Crippen LogP contribution in [0.5, 0.6) is 0 Å². The summed E-state index contributed by atoms with van der Waals surface area (Å²) in [7, 11) is 0. The van der Waals surface area contributed by atoms with Gasteiger partial charge in [-0.15, -0.1) is 10.2 Å². The van der Waals surface area contributed by atoms with Gasteiger partial charge in [-0.3, -0.25) is 4.79 Å². The predicted octanol–water partition coefficient (Wildman–Crippen LogP) is 4.22. The molecule has 1 aromatic rings. The van der Waals surface area contributed by atoms with E-state index >= 15 is 0 Å². The van der Waals surface area contributed by atoms with Crippen LogP contribution >= 0.6 is 34.9 Å². The normalized spacial score (nSPS) is 21.7. The number of carbonyl (C=O) groups is 1. The lowest BCUT2D eigenvalue weighted by Crippen LogP contribution is -2.41. The van der Waals surface area contributed by atoms with Gasteiger partial charge in [-0.05, 0) is 25.2 Å². The third-order valence-corrected chi connectivity index (χ3v) is 7.17. The minimum Gasteiger partial charge on any atom is -0.352 e. The Balaban J connectivity index is 1.69. The van der Waals surface area contributed by atoms with E-state index in [2.05, 4.69) is 29.4 Å². The van der Waals surface area contributed by atoms with Crippen molar-refractivity contribution in [3.63, 3.8) is 0 Å². The van der Waals surface area contributed by atoms with Crippen LogP contribution in [0.4, 0.5) is 0 Å². The number of hydrogen-bond donors (Lipinski definition) is 1. The van der Waals surface area contributed by atoms with Crippen molar-refractivity contribution in [2.75, 3.05) is 11.5 Å². The van der Waals surface area contributed by atoms with E-state index in [1.807, 2.05) is 0 Å². The largest absolute Gasteiger partial charge is 0.352 e. The first-order chi connectivity index (χ1) is 10.7. The average Bonchev–Trinajstić information content (AvgIpc) is 2.96. The van der Waals surface area contributed by atoms with E-state index in [-0.39, 0.29) is 5.91 Å². The van der Waals surface area contributed by atoms with E-state index in [1.54, 1.807) is 23.1 Å². The quantitative estimate of drug-likeness (QED) is 0.556. The minimum absolute atomic E-state index is 0.124. The second-order valence-corrected chi connectivity index (χ2v) is 9.30. The van der Waals surface area contributed by atoms with E-state index in [4.69, 9.17) is 0 Å². The second kappa shape index (κ2) is 9.78. The third kappa shape index (κ3) is 6.08. The molecule has 0 aliphatic heterocycles. The lowest BCUT2D eigenvalue weighted by atomic mass is 9.86. The first-order valence-electron chi connectivity index (χ1n) is 8.07. The van der Waals surface area contributed by atoms with Crippen LogP contribution in [0.1, 0.15) is 52.4 Å². The van der Waals surface area contributed by atoms with Crippen LogP contribution in [0.25, 0.3) is 0 Å². The summed E-state index contributed by atoms with van der Waals surface area (Å²) in [6.45, 7) is 4.43. The molecule has 124 valence electrons. The molecule has 0 saturated heterocycles. The number of carbonyl (C=O) groups excluding carboxylic acids is 1. The van der Waals surface area contributed by atoms with Crippen LogP contribution in [0.15, 0.2) is 8.68 Å². The monoisotopic (exact) mass is 359 g/mol. The fourth-order valence-corrected chi connectivity index (χ4v) is 5.51. The summed E-state index contributed by atoms with van der Waals surface area (Å²) in [5.41, 5.74) is 0. The van der Waals surface area contributed by atoms with Crippen molar-refractivity contribution in [3.05, 3.63) is 0 Å². The molecule has 1 saturated carbocycles. The highest BCUT2D eigenvalue weighted by atomic mass is 32.2. The van der Waals surface area contributed by atoms with Crippen molar-refractivity contribution in [2.45, 2.75) is 67.1 Å². The number of nitrogens with zero attached hydrogens (tertiary/aromatic N) is 2. The van der Waals surface area contributed by atoms with Gasteiger partial charge in [0.05, 0.1) is 5.75 Å². The summed E-state index contributed by atoms with van der Waals surface area (Å²) < 4.78 is 1.91. The van der Waals surface area contributed by atoms with Crippen LogP contribution < -0.4 is 5.32 Å². The zero-order chi connectivity index (χ0) is 15.8. The first-order valence-corrected chi connectivity index (χ1v) is 10.9. The van der Waals surface area contributed by atoms with Crippen LogP contribution in [0, 0.1) is 5.92 Å². The molecule has 1 fully saturated rings. The molecule has 2 atom stereocenters. The van der Waals surface area contributed by atoms with E-state index < -0.39 is 0 Å². The summed E-state index contributed by atoms with van der Waals surface area (Å²) in [5.74, 6) is 2.26. The zero-order valence-corrected chi connectivity index (χ0v) is 15.8. The molecule has 22 heavy (non-hydrogen) atoms. The van der Waals surface area contributed by atoms with E-state index in [9.17, 15) is 4.79 Å². The summed E-state index contributed by atoms with van der Waals surface area (Å²) in [4.78, 5) is 12.1. The van der Waals surface area contributed by atoms with Gasteiger partial charge in [-0.25, -0.2) is 0 Å². The Morgan fingerprint density at radius 1 is 1.27 bits per heavy atom. The molecule has 1 aromatic heterocycles. The Kier molecular flexibility index (Phi) is 8.03. The van der Waals surface area contributed by atoms with Gasteiger partial charge in [0.25, 0.3) is 0 Å². The van der Waals surface area contributed by atoms with E-state index in [1.165, 1.54) is 43.9 Å². The molecule has 1 aliphatic carbocycles. The standard InChI is InChI=1S/C15H25N3OS3/c1-3-4-9-20-14-17-18-15(22-14)21-10-13(19)16-12-8-6-5-7-11(12)2/h11-12H,3-10H2,1-2H3,(H,16,19). The molecule has 2 unspecified atom stereocenters. The Bertz CT molecular complexity index is 467. The maximum absolute atomic E-state index is 12.1. The van der Waals surface area contributed by atoms with Crippen molar-refractivity contribution < 1.29 is 4.79 Å². The molecule has 1 N–H and O–H groups in total. The number of unbranched alkanes of at least 4 members (excludes halogenated alkanes) is 1. The number of hydrogen-bond acceptors (Lipinski definition) is 6. The van der Waals surface area contributed by atoms with Crippen LogP contribution in [0.2, 0.25) is 0 Å². The van der Waals surface area contributed by atoms with Crippen LogP contribution in [-0.2, 0) is 4.79 Å². The molecule has 1 aliphatic rings. The van der Waals surface area contributed by atoms with Crippen LogP contribution in [0.3, 0.4) is 0 Å². The van der Waals surface area contributed by atoms with Gasteiger partial charge >= 0.3 is 0 Å². The molecule has 0 spiro atoms. The van der Waals surface area contributed by atoms with Gasteiger partial charge in [0.15, 0.2) is 8.68 Å². The van der Waals surface area contributed by atoms with Crippen molar-refractivity contribution in [3.8, 4) is 0 Å². The Morgan fingerprint density at radius 2 is 2.00 bits per heavy atom. The second-order valence-electron chi connectivity index (χ2n) is 5.76. The number of rotatable bonds is 8. The van der Waals surface area contributed by atoms with Crippen molar-refractivity contribution in [1.29, 1.82) is 0 Å². The first kappa shape index (κ1) is 18.1. The Labute approximate surface area is 145 Å². The number of thioether (sulfide) groups is 2. The van der Waals surface area contributed by atoms with Gasteiger partial charge in [0.2, 0.25) is 5.91 Å². The minimum atomic E-state index is 0.124. The molecular weight excluding hydrogens is 334 g/mol. The fraction of sp³-hybridized carbons (Fsp3) is 0.800. The predicted molar refractivity (Wildman–Crippen MR) is 95.8 cm³/mol. The molecule has 4 nitrogen and oxygen atoms in total. The highest BCUT2D eigenvalue weighted by Crippen LogP contribution is 2.29. The van der Waals surface area contributed by atoms with Crippen LogP contribution in [-0.4, -0.2) is 33.7 Å². The topological polar surface area (TPSA) is 54.9 Å². The zero-order valence-electron chi connectivity index (χ0n) is 13.3. The molecule has 1 amide bonds. The molecule has 0 bridgehead atoms. The lowest BCUT2D eigenvalue weighted by Gasteiger charge is -2.29. The van der Waals surface area contributed by atoms with Gasteiger partial charge < -0.3 is 5.32 Å². The number of aromatic nitrogens is 2. The number of nitrogens with one attached hydrogen (secondary N) is 1. The summed E-state index contributed by atoms with van der Waals surface area (Å²) in [6, 6.07) is 0.358. The van der Waals surface area contributed by atoms with Crippen molar-refractivity contribution in [1.82, 2.24) is 15.5 Å². The highest BCUT2D eigenvalue weighted by molar-refractivity contribution is 8.03.